The summed E-state index contributed by atoms with van der Waals surface area (Å²) in [5.41, 5.74) is 1.57. The first-order chi connectivity index (χ1) is 24.1. The lowest BCUT2D eigenvalue weighted by molar-refractivity contribution is -0.919. The molecule has 0 aliphatic carbocycles. The first-order valence-corrected chi connectivity index (χ1v) is 20.8. The Bertz CT molecular complexity index is 1070. The van der Waals surface area contributed by atoms with Crippen molar-refractivity contribution in [2.24, 2.45) is 0 Å². The summed E-state index contributed by atoms with van der Waals surface area (Å²) >= 11 is 1.19. The van der Waals surface area contributed by atoms with Gasteiger partial charge in [-0.1, -0.05) is 129 Å². The number of unbranched alkanes of at least 4 members (excludes halogenated alkanes) is 19. The van der Waals surface area contributed by atoms with E-state index in [-0.39, 0.29) is 18.3 Å². The van der Waals surface area contributed by atoms with Crippen molar-refractivity contribution in [3.63, 3.8) is 0 Å². The molecular weight excluding hydrogens is 651 g/mol. The number of hydrogen-bond donors (Lipinski definition) is 0. The molecule has 1 aliphatic heterocycles. The Balaban J connectivity index is 1.37. The maximum Gasteiger partial charge on any atom is 0.512 e. The van der Waals surface area contributed by atoms with Gasteiger partial charge in [0.15, 0.2) is 0 Å². The van der Waals surface area contributed by atoms with Crippen LogP contribution in [0.1, 0.15) is 181 Å². The van der Waals surface area contributed by atoms with Gasteiger partial charge in [-0.3, -0.25) is 9.28 Å². The van der Waals surface area contributed by atoms with Crippen LogP contribution in [0.3, 0.4) is 0 Å². The molecule has 0 saturated carbocycles. The number of aromatic nitrogens is 2. The molecule has 288 valence electrons. The highest BCUT2D eigenvalue weighted by atomic mass is 32.1. The normalized spacial score (nSPS) is 16.2. The Hall–Kier alpha value is -2.20. The highest BCUT2D eigenvalue weighted by Crippen LogP contribution is 2.30. The summed E-state index contributed by atoms with van der Waals surface area (Å²) in [6.45, 7) is 10.9. The van der Waals surface area contributed by atoms with Gasteiger partial charge in [-0.15, -0.1) is 4.37 Å². The maximum atomic E-state index is 12.3. The Labute approximate surface area is 309 Å². The van der Waals surface area contributed by atoms with E-state index < -0.39 is 6.16 Å². The van der Waals surface area contributed by atoms with Crippen molar-refractivity contribution in [2.75, 3.05) is 40.1 Å². The molecule has 10 heteroatoms. The van der Waals surface area contributed by atoms with Gasteiger partial charge in [-0.05, 0) is 40.0 Å². The van der Waals surface area contributed by atoms with Crippen molar-refractivity contribution < 1.29 is 33.0 Å². The van der Waals surface area contributed by atoms with Gasteiger partial charge in [0.2, 0.25) is 6.73 Å². The molecular formula is C40H72N3O6S+. The van der Waals surface area contributed by atoms with Crippen molar-refractivity contribution in [3.05, 3.63) is 11.8 Å². The number of ether oxygens (including phenoxy) is 4. The number of nitrogens with zero attached hydrogens (tertiary/aromatic N) is 3. The minimum atomic E-state index is -0.570. The molecule has 1 aromatic heterocycles. The van der Waals surface area contributed by atoms with Gasteiger partial charge in [0, 0.05) is 18.4 Å². The average molecular weight is 723 g/mol. The number of esters is 1. The van der Waals surface area contributed by atoms with E-state index in [1.807, 2.05) is 20.8 Å². The molecule has 9 nitrogen and oxygen atoms in total. The van der Waals surface area contributed by atoms with E-state index in [9.17, 15) is 9.59 Å². The molecule has 0 N–H and O–H groups in total. The van der Waals surface area contributed by atoms with Gasteiger partial charge < -0.3 is 18.9 Å². The lowest BCUT2D eigenvalue weighted by atomic mass is 10.0. The number of hydrogen-bond acceptors (Lipinski definition) is 9. The van der Waals surface area contributed by atoms with Crippen molar-refractivity contribution in [2.45, 2.75) is 181 Å². The molecule has 50 heavy (non-hydrogen) atoms. The molecule has 1 aliphatic rings. The number of carbonyl (C=O) groups is 2. The summed E-state index contributed by atoms with van der Waals surface area (Å²) in [6.07, 6.45) is 28.8. The summed E-state index contributed by atoms with van der Waals surface area (Å²) in [7, 11) is 2.11. The molecule has 2 rings (SSSR count). The van der Waals surface area contributed by atoms with E-state index >= 15 is 0 Å². The summed E-state index contributed by atoms with van der Waals surface area (Å²) in [5, 5.41) is 0. The van der Waals surface area contributed by atoms with Crippen LogP contribution in [0.5, 0.6) is 5.88 Å². The van der Waals surface area contributed by atoms with Crippen molar-refractivity contribution in [1.82, 2.24) is 8.75 Å². The fraction of sp³-hybridized carbons (Fsp3) is 0.850. The number of likely N-dealkylation sites (N-methyl/N-ethyl adjacent to an activating group) is 1. The van der Waals surface area contributed by atoms with Gasteiger partial charge in [0.1, 0.15) is 17.8 Å². The van der Waals surface area contributed by atoms with Crippen LogP contribution in [0.2, 0.25) is 0 Å². The monoisotopic (exact) mass is 723 g/mol. The highest BCUT2D eigenvalue weighted by Gasteiger charge is 2.31. The van der Waals surface area contributed by atoms with E-state index in [1.54, 1.807) is 0 Å². The predicted octanol–water partition coefficient (Wildman–Crippen LogP) is 11.2. The van der Waals surface area contributed by atoms with Crippen LogP contribution in [0.15, 0.2) is 6.08 Å². The van der Waals surface area contributed by atoms with Gasteiger partial charge in [0.05, 0.1) is 38.5 Å². The van der Waals surface area contributed by atoms with Gasteiger partial charge in [-0.2, -0.15) is 4.37 Å². The molecule has 0 fully saturated rings. The van der Waals surface area contributed by atoms with Crippen LogP contribution in [0, 0.1) is 0 Å². The summed E-state index contributed by atoms with van der Waals surface area (Å²) in [6, 6.07) is 0. The van der Waals surface area contributed by atoms with Gasteiger partial charge >= 0.3 is 12.1 Å². The number of quaternary nitrogens is 1. The molecule has 1 atom stereocenters. The predicted molar refractivity (Wildman–Crippen MR) is 204 cm³/mol. The molecule has 0 bridgehead atoms. The minimum Gasteiger partial charge on any atom is -0.475 e. The number of rotatable bonds is 29. The van der Waals surface area contributed by atoms with Crippen LogP contribution in [0.4, 0.5) is 4.79 Å². The Morgan fingerprint density at radius 3 is 1.86 bits per heavy atom. The van der Waals surface area contributed by atoms with E-state index in [4.69, 9.17) is 18.9 Å². The summed E-state index contributed by atoms with van der Waals surface area (Å²) < 4.78 is 31.7. The fourth-order valence-electron chi connectivity index (χ4n) is 6.38. The third-order valence-corrected chi connectivity index (χ3v) is 9.78. The first-order valence-electron chi connectivity index (χ1n) is 20.1. The minimum absolute atomic E-state index is 0.0640. The van der Waals surface area contributed by atoms with Crippen LogP contribution >= 0.6 is 11.7 Å². The third-order valence-electron chi connectivity index (χ3n) is 9.27. The zero-order chi connectivity index (χ0) is 36.3. The second-order valence-electron chi connectivity index (χ2n) is 15.6. The molecule has 0 radical (unpaired) electrons. The van der Waals surface area contributed by atoms with E-state index in [2.05, 4.69) is 28.8 Å². The standard InChI is InChI=1S/C40H72N3O6S/c1-6-7-8-25-31-46-38-37(41-50-42-38)35-28-27-30-43(5,33-35)34-48-39(45)47-32-26-23-21-19-17-15-13-11-9-10-12-14-16-18-20-22-24-29-36(44)49-40(2,3)4/h28H,6-27,29-34H2,1-5H3/q+1. The van der Waals surface area contributed by atoms with E-state index in [1.165, 1.54) is 114 Å². The molecule has 0 spiro atoms. The second kappa shape index (κ2) is 26.6. The topological polar surface area (TPSA) is 96.8 Å². The Morgan fingerprint density at radius 1 is 0.740 bits per heavy atom. The lowest BCUT2D eigenvalue weighted by Gasteiger charge is -2.36. The van der Waals surface area contributed by atoms with Crippen LogP contribution in [-0.2, 0) is 19.0 Å². The van der Waals surface area contributed by atoms with Gasteiger partial charge in [0.25, 0.3) is 5.88 Å². The van der Waals surface area contributed by atoms with Crippen molar-refractivity contribution in [1.29, 1.82) is 0 Å². The van der Waals surface area contributed by atoms with Crippen molar-refractivity contribution >= 4 is 29.4 Å². The zero-order valence-electron chi connectivity index (χ0n) is 32.6. The van der Waals surface area contributed by atoms with Crippen LogP contribution < -0.4 is 4.74 Å². The smallest absolute Gasteiger partial charge is 0.475 e. The van der Waals surface area contributed by atoms with E-state index in [0.717, 1.165) is 56.3 Å². The molecule has 2 heterocycles. The van der Waals surface area contributed by atoms with Crippen LogP contribution in [0.25, 0.3) is 5.57 Å². The largest absolute Gasteiger partial charge is 0.512 e. The molecule has 1 unspecified atom stereocenters. The molecule has 0 amide bonds. The second-order valence-corrected chi connectivity index (χ2v) is 16.1. The lowest BCUT2D eigenvalue weighted by Crippen LogP contribution is -2.49. The summed E-state index contributed by atoms with van der Waals surface area (Å²) in [5.74, 6) is 0.563. The molecule has 0 saturated heterocycles. The van der Waals surface area contributed by atoms with E-state index in [0.29, 0.717) is 36.5 Å². The quantitative estimate of drug-likeness (QED) is 0.0458. The SMILES string of the molecule is CCCCCCOc1nsnc1C1=CCC[N+](C)(COC(=O)OCCCCCCCCCCCCCCCCCCCC(=O)OC(C)(C)C)C1. The maximum absolute atomic E-state index is 12.3. The Morgan fingerprint density at radius 2 is 1.28 bits per heavy atom. The summed E-state index contributed by atoms with van der Waals surface area (Å²) in [4.78, 5) is 24.0. The average Bonchev–Trinajstić information content (AvgIpc) is 3.54. The third kappa shape index (κ3) is 21.9. The number of carbonyl (C=O) groups excluding carboxylic acids is 2. The van der Waals surface area contributed by atoms with Crippen molar-refractivity contribution in [3.8, 4) is 5.88 Å². The highest BCUT2D eigenvalue weighted by molar-refractivity contribution is 6.99. The first kappa shape index (κ1) is 44.0. The van der Waals surface area contributed by atoms with Gasteiger partial charge in [-0.25, -0.2) is 4.79 Å². The molecule has 1 aromatic rings. The van der Waals surface area contributed by atoms with Crippen LogP contribution in [-0.4, -0.2) is 71.0 Å². The Kier molecular flexibility index (Phi) is 23.3. The zero-order valence-corrected chi connectivity index (χ0v) is 33.4. The molecule has 0 aromatic carbocycles. The fourth-order valence-corrected chi connectivity index (χ4v) is 6.91.